The molecule has 0 bridgehead atoms. The summed E-state index contributed by atoms with van der Waals surface area (Å²) in [6, 6.07) is 17.3. The second-order valence-electron chi connectivity index (χ2n) is 6.52. The van der Waals surface area contributed by atoms with Gasteiger partial charge in [0, 0.05) is 24.2 Å². The van der Waals surface area contributed by atoms with Crippen LogP contribution >= 0.6 is 0 Å². The van der Waals surface area contributed by atoms with Crippen LogP contribution in [0.1, 0.15) is 34.3 Å². The minimum absolute atomic E-state index is 0.132. The molecule has 26 heavy (non-hydrogen) atoms. The molecule has 3 rings (SSSR count). The number of primary amides is 1. The molecular formula is C20H23N3O3. The molecule has 6 heteroatoms. The van der Waals surface area contributed by atoms with Crippen molar-refractivity contribution in [1.29, 1.82) is 0 Å². The van der Waals surface area contributed by atoms with E-state index in [9.17, 15) is 9.59 Å². The van der Waals surface area contributed by atoms with Crippen LogP contribution in [0.5, 0.6) is 0 Å². The van der Waals surface area contributed by atoms with Crippen molar-refractivity contribution >= 4 is 12.0 Å². The molecule has 0 radical (unpaired) electrons. The fourth-order valence-corrected chi connectivity index (χ4v) is 2.93. The van der Waals surface area contributed by atoms with Crippen molar-refractivity contribution in [2.45, 2.75) is 38.1 Å². The van der Waals surface area contributed by atoms with E-state index in [2.05, 4.69) is 10.6 Å². The summed E-state index contributed by atoms with van der Waals surface area (Å²) in [5.74, 6) is -0.422. The van der Waals surface area contributed by atoms with Gasteiger partial charge in [-0.2, -0.15) is 0 Å². The van der Waals surface area contributed by atoms with E-state index in [4.69, 9.17) is 10.5 Å². The highest BCUT2D eigenvalue weighted by molar-refractivity contribution is 5.92. The number of carbonyl (C=O) groups excluding carboxylic acids is 2. The molecule has 1 fully saturated rings. The van der Waals surface area contributed by atoms with Crippen LogP contribution in [0.4, 0.5) is 4.79 Å². The van der Waals surface area contributed by atoms with E-state index in [1.807, 2.05) is 42.5 Å². The average molecular weight is 353 g/mol. The Morgan fingerprint density at radius 1 is 1.00 bits per heavy atom. The van der Waals surface area contributed by atoms with Crippen LogP contribution in [0.25, 0.3) is 0 Å². The summed E-state index contributed by atoms with van der Waals surface area (Å²) in [6.45, 7) is 0.939. The summed E-state index contributed by atoms with van der Waals surface area (Å²) < 4.78 is 5.22. The van der Waals surface area contributed by atoms with E-state index in [-0.39, 0.29) is 18.7 Å². The van der Waals surface area contributed by atoms with Crippen molar-refractivity contribution in [2.75, 3.05) is 0 Å². The number of benzene rings is 2. The van der Waals surface area contributed by atoms with Gasteiger partial charge in [-0.3, -0.25) is 4.79 Å². The molecule has 4 N–H and O–H groups in total. The van der Waals surface area contributed by atoms with Crippen LogP contribution in [0.2, 0.25) is 0 Å². The quantitative estimate of drug-likeness (QED) is 0.712. The molecule has 0 spiro atoms. The van der Waals surface area contributed by atoms with E-state index < -0.39 is 5.91 Å². The standard InChI is InChI=1S/C20H23N3O3/c21-19(24)16-8-4-7-15(9-16)12-22-17-10-18(11-17)23-20(25)26-13-14-5-2-1-3-6-14/h1-9,17-18,22H,10-13H2,(H2,21,24)(H,23,25). The molecule has 0 unspecified atom stereocenters. The summed E-state index contributed by atoms with van der Waals surface area (Å²) in [4.78, 5) is 23.0. The van der Waals surface area contributed by atoms with Crippen molar-refractivity contribution in [1.82, 2.24) is 10.6 Å². The van der Waals surface area contributed by atoms with Gasteiger partial charge in [-0.15, -0.1) is 0 Å². The number of alkyl carbamates (subject to hydrolysis) is 1. The first-order valence-corrected chi connectivity index (χ1v) is 8.69. The highest BCUT2D eigenvalue weighted by Crippen LogP contribution is 2.20. The van der Waals surface area contributed by atoms with Crippen molar-refractivity contribution < 1.29 is 14.3 Å². The number of hydrogen-bond donors (Lipinski definition) is 3. The Balaban J connectivity index is 1.33. The monoisotopic (exact) mass is 353 g/mol. The summed E-state index contributed by atoms with van der Waals surface area (Å²) in [5, 5.41) is 6.29. The van der Waals surface area contributed by atoms with Gasteiger partial charge >= 0.3 is 6.09 Å². The predicted octanol–water partition coefficient (Wildman–Crippen LogP) is 2.33. The van der Waals surface area contributed by atoms with Gasteiger partial charge in [0.1, 0.15) is 6.61 Å². The average Bonchev–Trinajstić information content (AvgIpc) is 2.63. The number of rotatable bonds is 7. The molecule has 1 aliphatic carbocycles. The van der Waals surface area contributed by atoms with E-state index in [0.717, 1.165) is 24.0 Å². The van der Waals surface area contributed by atoms with E-state index in [0.29, 0.717) is 18.2 Å². The maximum atomic E-state index is 11.8. The summed E-state index contributed by atoms with van der Waals surface area (Å²) >= 11 is 0. The fourth-order valence-electron chi connectivity index (χ4n) is 2.93. The Labute approximate surface area is 152 Å². The van der Waals surface area contributed by atoms with Gasteiger partial charge in [-0.25, -0.2) is 4.79 Å². The zero-order valence-electron chi connectivity index (χ0n) is 14.5. The van der Waals surface area contributed by atoms with Gasteiger partial charge in [-0.05, 0) is 36.1 Å². The summed E-state index contributed by atoms with van der Waals surface area (Å²) in [6.07, 6.45) is 1.33. The summed E-state index contributed by atoms with van der Waals surface area (Å²) in [7, 11) is 0. The third kappa shape index (κ3) is 5.07. The molecule has 0 heterocycles. The third-order valence-corrected chi connectivity index (χ3v) is 4.48. The molecule has 0 saturated heterocycles. The zero-order valence-corrected chi connectivity index (χ0v) is 14.5. The van der Waals surface area contributed by atoms with E-state index in [1.54, 1.807) is 12.1 Å². The molecule has 1 aliphatic rings. The van der Waals surface area contributed by atoms with Crippen molar-refractivity contribution in [3.8, 4) is 0 Å². The number of hydrogen-bond acceptors (Lipinski definition) is 4. The second-order valence-corrected chi connectivity index (χ2v) is 6.52. The van der Waals surface area contributed by atoms with Crippen LogP contribution < -0.4 is 16.4 Å². The maximum absolute atomic E-state index is 11.8. The second kappa shape index (κ2) is 8.49. The smallest absolute Gasteiger partial charge is 0.407 e. The van der Waals surface area contributed by atoms with E-state index >= 15 is 0 Å². The highest BCUT2D eigenvalue weighted by Gasteiger charge is 2.30. The van der Waals surface area contributed by atoms with Gasteiger partial charge < -0.3 is 21.1 Å². The fraction of sp³-hybridized carbons (Fsp3) is 0.300. The molecule has 136 valence electrons. The SMILES string of the molecule is NC(=O)c1cccc(CNC2CC(NC(=O)OCc3ccccc3)C2)c1. The molecule has 2 aromatic carbocycles. The first kappa shape index (κ1) is 17.9. The normalized spacial score (nSPS) is 18.6. The lowest BCUT2D eigenvalue weighted by Crippen LogP contribution is -2.52. The molecule has 6 nitrogen and oxygen atoms in total. The Bertz CT molecular complexity index is 758. The Morgan fingerprint density at radius 3 is 2.46 bits per heavy atom. The molecule has 0 atom stereocenters. The number of amides is 2. The lowest BCUT2D eigenvalue weighted by molar-refractivity contribution is 0.1000. The van der Waals surface area contributed by atoms with Gasteiger partial charge in [0.2, 0.25) is 5.91 Å². The lowest BCUT2D eigenvalue weighted by atomic mass is 9.86. The predicted molar refractivity (Wildman–Crippen MR) is 98.4 cm³/mol. The number of nitrogens with two attached hydrogens (primary N) is 1. The van der Waals surface area contributed by atoms with Gasteiger partial charge in [0.25, 0.3) is 0 Å². The highest BCUT2D eigenvalue weighted by atomic mass is 16.5. The molecule has 0 aromatic heterocycles. The van der Waals surface area contributed by atoms with Crippen LogP contribution in [0.3, 0.4) is 0 Å². The minimum Gasteiger partial charge on any atom is -0.445 e. The molecule has 1 saturated carbocycles. The number of ether oxygens (including phenoxy) is 1. The number of nitrogens with one attached hydrogen (secondary N) is 2. The first-order chi connectivity index (χ1) is 12.6. The van der Waals surface area contributed by atoms with Crippen molar-refractivity contribution in [2.24, 2.45) is 5.73 Å². The lowest BCUT2D eigenvalue weighted by Gasteiger charge is -2.36. The Hall–Kier alpha value is -2.86. The Morgan fingerprint density at radius 2 is 1.73 bits per heavy atom. The van der Waals surface area contributed by atoms with Gasteiger partial charge in [0.05, 0.1) is 0 Å². The maximum Gasteiger partial charge on any atom is 0.407 e. The largest absolute Gasteiger partial charge is 0.445 e. The van der Waals surface area contributed by atoms with Crippen molar-refractivity contribution in [3.63, 3.8) is 0 Å². The molecule has 0 aliphatic heterocycles. The molecule has 2 amide bonds. The van der Waals surface area contributed by atoms with Gasteiger partial charge in [0.15, 0.2) is 0 Å². The topological polar surface area (TPSA) is 93.5 Å². The van der Waals surface area contributed by atoms with Crippen molar-refractivity contribution in [3.05, 3.63) is 71.3 Å². The van der Waals surface area contributed by atoms with Crippen LogP contribution in [0, 0.1) is 0 Å². The third-order valence-electron chi connectivity index (χ3n) is 4.48. The molecular weight excluding hydrogens is 330 g/mol. The molecule has 2 aromatic rings. The van der Waals surface area contributed by atoms with Crippen LogP contribution in [-0.2, 0) is 17.9 Å². The van der Waals surface area contributed by atoms with Crippen LogP contribution in [0.15, 0.2) is 54.6 Å². The summed E-state index contributed by atoms with van der Waals surface area (Å²) in [5.41, 5.74) is 7.78. The van der Waals surface area contributed by atoms with Gasteiger partial charge in [-0.1, -0.05) is 42.5 Å². The van der Waals surface area contributed by atoms with Crippen LogP contribution in [-0.4, -0.2) is 24.1 Å². The zero-order chi connectivity index (χ0) is 18.4. The Kier molecular flexibility index (Phi) is 5.86. The number of carbonyl (C=O) groups is 2. The minimum atomic E-state index is -0.422. The first-order valence-electron chi connectivity index (χ1n) is 8.69. The van der Waals surface area contributed by atoms with E-state index in [1.165, 1.54) is 0 Å².